The molecule has 0 radical (unpaired) electrons. The molecule has 0 saturated carbocycles. The van der Waals surface area contributed by atoms with E-state index in [4.69, 9.17) is 15.6 Å². The number of nitrogens with zero attached hydrogens (tertiary/aromatic N) is 1. The number of hydrogen-bond donors (Lipinski definition) is 2. The molecule has 2 rings (SSSR count). The van der Waals surface area contributed by atoms with Crippen LogP contribution in [0.2, 0.25) is 0 Å². The summed E-state index contributed by atoms with van der Waals surface area (Å²) in [6.07, 6.45) is 1.61. The van der Waals surface area contributed by atoms with Crippen molar-refractivity contribution >= 4 is 6.09 Å². The van der Waals surface area contributed by atoms with E-state index in [0.717, 1.165) is 19.3 Å². The van der Waals surface area contributed by atoms with E-state index in [1.54, 1.807) is 0 Å². The van der Waals surface area contributed by atoms with Gasteiger partial charge in [-0.25, -0.2) is 4.79 Å². The van der Waals surface area contributed by atoms with Crippen LogP contribution in [-0.4, -0.2) is 47.4 Å². The minimum atomic E-state index is -0.831. The summed E-state index contributed by atoms with van der Waals surface area (Å²) < 4.78 is 5.68. The number of ether oxygens (including phenoxy) is 1. The summed E-state index contributed by atoms with van der Waals surface area (Å²) in [6.45, 7) is 1.76. The Labute approximate surface area is 82.8 Å². The van der Waals surface area contributed by atoms with Gasteiger partial charge < -0.3 is 20.5 Å². The van der Waals surface area contributed by atoms with E-state index in [2.05, 4.69) is 0 Å². The van der Waals surface area contributed by atoms with Gasteiger partial charge in [-0.05, 0) is 19.3 Å². The van der Waals surface area contributed by atoms with Gasteiger partial charge in [-0.1, -0.05) is 0 Å². The number of carbonyl (C=O) groups is 1. The van der Waals surface area contributed by atoms with Crippen molar-refractivity contribution in [2.24, 2.45) is 5.73 Å². The van der Waals surface area contributed by atoms with Crippen molar-refractivity contribution in [3.05, 3.63) is 0 Å². The lowest BCUT2D eigenvalue weighted by Gasteiger charge is -2.37. The zero-order valence-corrected chi connectivity index (χ0v) is 8.11. The topological polar surface area (TPSA) is 75.8 Å². The van der Waals surface area contributed by atoms with Crippen LogP contribution in [0.15, 0.2) is 0 Å². The van der Waals surface area contributed by atoms with E-state index in [1.165, 1.54) is 4.90 Å². The summed E-state index contributed by atoms with van der Waals surface area (Å²) in [5.41, 5.74) is 5.66. The van der Waals surface area contributed by atoms with Crippen LogP contribution in [0.5, 0.6) is 0 Å². The molecule has 0 aromatic carbocycles. The molecule has 0 aromatic rings. The van der Waals surface area contributed by atoms with E-state index >= 15 is 0 Å². The predicted octanol–water partition coefficient (Wildman–Crippen LogP) is 0.247. The first-order valence-corrected chi connectivity index (χ1v) is 4.99. The SMILES string of the molecule is N[C@@H]1COC2(CCN(C(=O)O)CC2)C1. The molecule has 80 valence electrons. The Morgan fingerprint density at radius 2 is 2.14 bits per heavy atom. The first-order chi connectivity index (χ1) is 6.61. The summed E-state index contributed by atoms with van der Waals surface area (Å²) >= 11 is 0. The minimum absolute atomic E-state index is 0.120. The number of piperidine rings is 1. The molecule has 0 bridgehead atoms. The Hall–Kier alpha value is -0.810. The summed E-state index contributed by atoms with van der Waals surface area (Å²) in [5, 5.41) is 8.78. The van der Waals surface area contributed by atoms with Crippen molar-refractivity contribution in [1.29, 1.82) is 0 Å². The van der Waals surface area contributed by atoms with Gasteiger partial charge in [0.05, 0.1) is 12.2 Å². The number of likely N-dealkylation sites (tertiary alicyclic amines) is 1. The summed E-state index contributed by atoms with van der Waals surface area (Å²) in [6, 6.07) is 0.131. The molecular formula is C9H16N2O3. The molecule has 2 fully saturated rings. The van der Waals surface area contributed by atoms with E-state index < -0.39 is 6.09 Å². The summed E-state index contributed by atoms with van der Waals surface area (Å²) in [7, 11) is 0. The zero-order valence-electron chi connectivity index (χ0n) is 8.11. The lowest BCUT2D eigenvalue weighted by molar-refractivity contribution is -0.0394. The Bertz CT molecular complexity index is 236. The molecule has 5 nitrogen and oxygen atoms in total. The monoisotopic (exact) mass is 200 g/mol. The van der Waals surface area contributed by atoms with Gasteiger partial charge in [0.2, 0.25) is 0 Å². The third-order valence-electron chi connectivity index (χ3n) is 3.18. The van der Waals surface area contributed by atoms with Gasteiger partial charge in [0, 0.05) is 19.1 Å². The molecule has 0 aliphatic carbocycles. The Morgan fingerprint density at radius 3 is 2.57 bits per heavy atom. The minimum Gasteiger partial charge on any atom is -0.465 e. The van der Waals surface area contributed by atoms with Crippen LogP contribution in [0.1, 0.15) is 19.3 Å². The second-order valence-electron chi connectivity index (χ2n) is 4.23. The quantitative estimate of drug-likeness (QED) is 0.587. The van der Waals surface area contributed by atoms with Crippen molar-refractivity contribution in [1.82, 2.24) is 4.90 Å². The van der Waals surface area contributed by atoms with Crippen LogP contribution >= 0.6 is 0 Å². The van der Waals surface area contributed by atoms with Gasteiger partial charge in [0.25, 0.3) is 0 Å². The second kappa shape index (κ2) is 3.40. The number of amides is 1. The lowest BCUT2D eigenvalue weighted by Crippen LogP contribution is -2.46. The molecule has 2 heterocycles. The highest BCUT2D eigenvalue weighted by Crippen LogP contribution is 2.35. The molecule has 1 atom stereocenters. The van der Waals surface area contributed by atoms with E-state index in [1.807, 2.05) is 0 Å². The Kier molecular flexibility index (Phi) is 2.36. The average Bonchev–Trinajstić information content (AvgIpc) is 2.48. The van der Waals surface area contributed by atoms with Crippen LogP contribution in [0, 0.1) is 0 Å². The average molecular weight is 200 g/mol. The van der Waals surface area contributed by atoms with Crippen LogP contribution < -0.4 is 5.73 Å². The van der Waals surface area contributed by atoms with Crippen LogP contribution in [-0.2, 0) is 4.74 Å². The van der Waals surface area contributed by atoms with Crippen molar-refractivity contribution in [2.75, 3.05) is 19.7 Å². The fraction of sp³-hybridized carbons (Fsp3) is 0.889. The molecule has 14 heavy (non-hydrogen) atoms. The van der Waals surface area contributed by atoms with E-state index in [9.17, 15) is 4.79 Å². The maximum atomic E-state index is 10.7. The smallest absolute Gasteiger partial charge is 0.407 e. The van der Waals surface area contributed by atoms with E-state index in [0.29, 0.717) is 19.7 Å². The standard InChI is InChI=1S/C9H16N2O3/c10-7-5-9(14-6-7)1-3-11(4-2-9)8(12)13/h7H,1-6,10H2,(H,12,13)/t7-/m0/s1. The molecule has 5 heteroatoms. The maximum Gasteiger partial charge on any atom is 0.407 e. The molecule has 0 aromatic heterocycles. The van der Waals surface area contributed by atoms with Gasteiger partial charge >= 0.3 is 6.09 Å². The number of nitrogens with two attached hydrogens (primary N) is 1. The third-order valence-corrected chi connectivity index (χ3v) is 3.18. The van der Waals surface area contributed by atoms with Crippen LogP contribution in [0.3, 0.4) is 0 Å². The van der Waals surface area contributed by atoms with Gasteiger partial charge in [0.1, 0.15) is 0 Å². The molecule has 2 aliphatic heterocycles. The van der Waals surface area contributed by atoms with Crippen LogP contribution in [0.4, 0.5) is 4.79 Å². The second-order valence-corrected chi connectivity index (χ2v) is 4.23. The lowest BCUT2D eigenvalue weighted by atomic mass is 9.88. The number of hydrogen-bond acceptors (Lipinski definition) is 3. The van der Waals surface area contributed by atoms with Crippen LogP contribution in [0.25, 0.3) is 0 Å². The first-order valence-electron chi connectivity index (χ1n) is 4.99. The Balaban J connectivity index is 1.92. The Morgan fingerprint density at radius 1 is 1.50 bits per heavy atom. The normalized spacial score (nSPS) is 30.9. The maximum absolute atomic E-state index is 10.7. The van der Waals surface area contributed by atoms with Crippen molar-refractivity contribution in [2.45, 2.75) is 30.9 Å². The predicted molar refractivity (Wildman–Crippen MR) is 50.1 cm³/mol. The highest BCUT2D eigenvalue weighted by atomic mass is 16.5. The highest BCUT2D eigenvalue weighted by Gasteiger charge is 2.42. The fourth-order valence-corrected chi connectivity index (χ4v) is 2.33. The van der Waals surface area contributed by atoms with Crippen molar-refractivity contribution < 1.29 is 14.6 Å². The third kappa shape index (κ3) is 1.69. The number of rotatable bonds is 0. The van der Waals surface area contributed by atoms with E-state index in [-0.39, 0.29) is 11.6 Å². The number of carboxylic acid groups (broad SMARTS) is 1. The highest BCUT2D eigenvalue weighted by molar-refractivity contribution is 5.65. The van der Waals surface area contributed by atoms with Gasteiger partial charge in [-0.3, -0.25) is 0 Å². The molecular weight excluding hydrogens is 184 g/mol. The molecule has 2 aliphatic rings. The molecule has 0 unspecified atom stereocenters. The van der Waals surface area contributed by atoms with Gasteiger partial charge in [0.15, 0.2) is 0 Å². The molecule has 3 N–H and O–H groups in total. The summed E-state index contributed by atoms with van der Waals surface area (Å²) in [4.78, 5) is 12.1. The van der Waals surface area contributed by atoms with Crippen molar-refractivity contribution in [3.63, 3.8) is 0 Å². The summed E-state index contributed by atoms with van der Waals surface area (Å²) in [5.74, 6) is 0. The molecule has 1 amide bonds. The van der Waals surface area contributed by atoms with Crippen molar-refractivity contribution in [3.8, 4) is 0 Å². The molecule has 1 spiro atoms. The zero-order chi connectivity index (χ0) is 10.2. The molecule has 2 saturated heterocycles. The first kappa shape index (κ1) is 9.73. The van der Waals surface area contributed by atoms with Gasteiger partial charge in [-0.15, -0.1) is 0 Å². The van der Waals surface area contributed by atoms with Gasteiger partial charge in [-0.2, -0.15) is 0 Å². The fourth-order valence-electron chi connectivity index (χ4n) is 2.33. The largest absolute Gasteiger partial charge is 0.465 e.